The minimum Gasteiger partial charge on any atom is -0.507 e. The number of aliphatic hydroxyl groups excluding tert-OH is 1. The van der Waals surface area contributed by atoms with Crippen LogP contribution in [-0.4, -0.2) is 23.9 Å². The van der Waals surface area contributed by atoms with Crippen molar-refractivity contribution in [3.8, 4) is 5.75 Å². The number of hydrogen-bond acceptors (Lipinski definition) is 5. The van der Waals surface area contributed by atoms with Gasteiger partial charge in [0, 0.05) is 15.7 Å². The van der Waals surface area contributed by atoms with Gasteiger partial charge in [0.05, 0.1) is 12.7 Å². The molecular formula is C23H18BrNO5. The van der Waals surface area contributed by atoms with Crippen LogP contribution < -0.4 is 9.64 Å². The lowest BCUT2D eigenvalue weighted by Crippen LogP contribution is -2.29. The average molecular weight is 468 g/mol. The van der Waals surface area contributed by atoms with E-state index in [2.05, 4.69) is 15.9 Å². The molecule has 1 saturated heterocycles. The number of methoxy groups -OCH3 is 1. The number of ether oxygens (including phenoxy) is 1. The molecule has 1 aromatic heterocycles. The van der Waals surface area contributed by atoms with Crippen LogP contribution in [0.3, 0.4) is 0 Å². The Kier molecular flexibility index (Phi) is 5.22. The summed E-state index contributed by atoms with van der Waals surface area (Å²) in [5, 5.41) is 11.0. The highest BCUT2D eigenvalue weighted by Gasteiger charge is 2.48. The molecular weight excluding hydrogens is 450 g/mol. The number of aryl methyl sites for hydroxylation is 1. The van der Waals surface area contributed by atoms with Crippen molar-refractivity contribution in [1.29, 1.82) is 0 Å². The number of nitrogens with zero attached hydrogens (tertiary/aromatic N) is 1. The van der Waals surface area contributed by atoms with Gasteiger partial charge in [0.1, 0.15) is 29.1 Å². The standard InChI is InChI=1S/C23H18BrNO5/c1-13-6-11-18(30-13)20-19(21(26)14-7-9-17(29-2)10-8-14)22(27)23(28)25(20)16-5-3-4-15(24)12-16/h3-12,20,26H,1-2H3/b21-19-. The molecule has 3 aromatic rings. The van der Waals surface area contributed by atoms with E-state index < -0.39 is 17.7 Å². The van der Waals surface area contributed by atoms with Crippen LogP contribution in [0.4, 0.5) is 5.69 Å². The molecule has 0 spiro atoms. The van der Waals surface area contributed by atoms with Crippen molar-refractivity contribution in [3.05, 3.63) is 87.8 Å². The van der Waals surface area contributed by atoms with E-state index in [1.54, 1.807) is 61.5 Å². The highest BCUT2D eigenvalue weighted by molar-refractivity contribution is 9.10. The number of Topliss-reactive ketones (excluding diaryl/α,β-unsaturated/α-hetero) is 1. The summed E-state index contributed by atoms with van der Waals surface area (Å²) in [6.07, 6.45) is 0. The molecule has 4 rings (SSSR count). The number of halogens is 1. The second-order valence-corrected chi connectivity index (χ2v) is 7.74. The molecule has 1 fully saturated rings. The van der Waals surface area contributed by atoms with Gasteiger partial charge in [0.25, 0.3) is 11.7 Å². The summed E-state index contributed by atoms with van der Waals surface area (Å²) in [5.41, 5.74) is 0.884. The molecule has 1 N–H and O–H groups in total. The first-order valence-corrected chi connectivity index (χ1v) is 9.97. The monoisotopic (exact) mass is 467 g/mol. The largest absolute Gasteiger partial charge is 0.507 e. The zero-order chi connectivity index (χ0) is 21.4. The van der Waals surface area contributed by atoms with Gasteiger partial charge in [-0.2, -0.15) is 0 Å². The number of carbonyl (C=O) groups excluding carboxylic acids is 2. The first-order valence-electron chi connectivity index (χ1n) is 9.18. The lowest BCUT2D eigenvalue weighted by molar-refractivity contribution is -0.132. The summed E-state index contributed by atoms with van der Waals surface area (Å²) < 4.78 is 11.7. The van der Waals surface area contributed by atoms with Crippen molar-refractivity contribution < 1.29 is 23.8 Å². The Morgan fingerprint density at radius 3 is 2.43 bits per heavy atom. The van der Waals surface area contributed by atoms with Gasteiger partial charge in [-0.1, -0.05) is 22.0 Å². The molecule has 0 radical (unpaired) electrons. The molecule has 1 atom stereocenters. The molecule has 1 aliphatic rings. The summed E-state index contributed by atoms with van der Waals surface area (Å²) >= 11 is 3.40. The Bertz CT molecular complexity index is 1160. The van der Waals surface area contributed by atoms with Crippen molar-refractivity contribution in [2.24, 2.45) is 0 Å². The van der Waals surface area contributed by atoms with Crippen LogP contribution in [0.5, 0.6) is 5.75 Å². The van der Waals surface area contributed by atoms with Crippen LogP contribution in [0.25, 0.3) is 5.76 Å². The number of aliphatic hydroxyl groups is 1. The van der Waals surface area contributed by atoms with Crippen molar-refractivity contribution in [3.63, 3.8) is 0 Å². The lowest BCUT2D eigenvalue weighted by Gasteiger charge is -2.23. The predicted molar refractivity (Wildman–Crippen MR) is 115 cm³/mol. The number of hydrogen-bond donors (Lipinski definition) is 1. The van der Waals surface area contributed by atoms with E-state index in [-0.39, 0.29) is 11.3 Å². The van der Waals surface area contributed by atoms with Crippen LogP contribution in [-0.2, 0) is 9.59 Å². The molecule has 1 amide bonds. The Labute approximate surface area is 181 Å². The Hall–Kier alpha value is -3.32. The van der Waals surface area contributed by atoms with E-state index in [0.29, 0.717) is 28.5 Å². The summed E-state index contributed by atoms with van der Waals surface area (Å²) in [6.45, 7) is 1.78. The normalized spacial score (nSPS) is 18.1. The average Bonchev–Trinajstić information content (AvgIpc) is 3.28. The Morgan fingerprint density at radius 1 is 1.10 bits per heavy atom. The molecule has 0 saturated carbocycles. The van der Waals surface area contributed by atoms with E-state index in [1.165, 1.54) is 12.0 Å². The fourth-order valence-corrected chi connectivity index (χ4v) is 3.89. The number of furan rings is 1. The molecule has 7 heteroatoms. The number of anilines is 1. The van der Waals surface area contributed by atoms with E-state index in [4.69, 9.17) is 9.15 Å². The van der Waals surface area contributed by atoms with Crippen LogP contribution in [0.2, 0.25) is 0 Å². The highest BCUT2D eigenvalue weighted by atomic mass is 79.9. The molecule has 152 valence electrons. The fraction of sp³-hybridized carbons (Fsp3) is 0.130. The molecule has 1 unspecified atom stereocenters. The van der Waals surface area contributed by atoms with Crippen LogP contribution in [0.15, 0.2) is 75.1 Å². The van der Waals surface area contributed by atoms with E-state index >= 15 is 0 Å². The molecule has 0 aliphatic carbocycles. The summed E-state index contributed by atoms with van der Waals surface area (Å²) in [4.78, 5) is 27.4. The van der Waals surface area contributed by atoms with Gasteiger partial charge in [-0.25, -0.2) is 0 Å². The second-order valence-electron chi connectivity index (χ2n) is 6.83. The van der Waals surface area contributed by atoms with Crippen molar-refractivity contribution in [1.82, 2.24) is 0 Å². The number of ketones is 1. The first-order chi connectivity index (χ1) is 14.4. The zero-order valence-electron chi connectivity index (χ0n) is 16.3. The third-order valence-corrected chi connectivity index (χ3v) is 5.42. The maximum Gasteiger partial charge on any atom is 0.300 e. The van der Waals surface area contributed by atoms with Crippen LogP contribution >= 0.6 is 15.9 Å². The quantitative estimate of drug-likeness (QED) is 0.332. The molecule has 2 aromatic carbocycles. The van der Waals surface area contributed by atoms with Gasteiger partial charge in [0.2, 0.25) is 0 Å². The van der Waals surface area contributed by atoms with Gasteiger partial charge in [0.15, 0.2) is 0 Å². The third-order valence-electron chi connectivity index (χ3n) is 4.92. The van der Waals surface area contributed by atoms with Gasteiger partial charge in [-0.15, -0.1) is 0 Å². The minimum absolute atomic E-state index is 0.0282. The molecule has 0 bridgehead atoms. The third kappa shape index (κ3) is 3.41. The maximum absolute atomic E-state index is 13.0. The highest BCUT2D eigenvalue weighted by Crippen LogP contribution is 2.43. The van der Waals surface area contributed by atoms with Crippen LogP contribution in [0.1, 0.15) is 23.1 Å². The number of benzene rings is 2. The van der Waals surface area contributed by atoms with Crippen molar-refractivity contribution >= 4 is 39.1 Å². The summed E-state index contributed by atoms with van der Waals surface area (Å²) in [6, 6.07) is 16.2. The number of rotatable bonds is 4. The minimum atomic E-state index is -0.893. The summed E-state index contributed by atoms with van der Waals surface area (Å²) in [7, 11) is 1.54. The predicted octanol–water partition coefficient (Wildman–Crippen LogP) is 4.99. The molecule has 30 heavy (non-hydrogen) atoms. The van der Waals surface area contributed by atoms with Gasteiger partial charge >= 0.3 is 0 Å². The number of amides is 1. The SMILES string of the molecule is COc1ccc(/C(O)=C2/C(=O)C(=O)N(c3cccc(Br)c3)C2c2ccc(C)o2)cc1. The lowest BCUT2D eigenvalue weighted by atomic mass is 9.99. The molecule has 6 nitrogen and oxygen atoms in total. The van der Waals surface area contributed by atoms with Crippen molar-refractivity contribution in [2.75, 3.05) is 12.0 Å². The molecule has 1 aliphatic heterocycles. The number of carbonyl (C=O) groups is 2. The van der Waals surface area contributed by atoms with Crippen LogP contribution in [0, 0.1) is 6.92 Å². The smallest absolute Gasteiger partial charge is 0.300 e. The second kappa shape index (κ2) is 7.84. The summed E-state index contributed by atoms with van der Waals surface area (Å²) in [5.74, 6) is -0.146. The Balaban J connectivity index is 1.91. The van der Waals surface area contributed by atoms with E-state index in [1.807, 2.05) is 6.07 Å². The Morgan fingerprint density at radius 2 is 1.83 bits per heavy atom. The molecule has 2 heterocycles. The topological polar surface area (TPSA) is 80.0 Å². The first kappa shape index (κ1) is 20.0. The maximum atomic E-state index is 13.0. The van der Waals surface area contributed by atoms with Gasteiger partial charge < -0.3 is 14.3 Å². The van der Waals surface area contributed by atoms with Gasteiger partial charge in [-0.3, -0.25) is 14.5 Å². The fourth-order valence-electron chi connectivity index (χ4n) is 3.50. The zero-order valence-corrected chi connectivity index (χ0v) is 17.8. The van der Waals surface area contributed by atoms with E-state index in [9.17, 15) is 14.7 Å². The van der Waals surface area contributed by atoms with Crippen molar-refractivity contribution in [2.45, 2.75) is 13.0 Å². The van der Waals surface area contributed by atoms with Gasteiger partial charge in [-0.05, 0) is 61.5 Å². The van der Waals surface area contributed by atoms with E-state index in [0.717, 1.165) is 4.47 Å².